The highest BCUT2D eigenvalue weighted by molar-refractivity contribution is 5.95. The maximum atomic E-state index is 12.9. The van der Waals surface area contributed by atoms with Crippen molar-refractivity contribution >= 4 is 23.7 Å². The van der Waals surface area contributed by atoms with Crippen molar-refractivity contribution in [1.29, 1.82) is 0 Å². The van der Waals surface area contributed by atoms with Gasteiger partial charge in [-0.25, -0.2) is 0 Å². The largest absolute Gasteiger partial charge is 0.380 e. The monoisotopic (exact) mass is 403 g/mol. The number of amides is 2. The summed E-state index contributed by atoms with van der Waals surface area (Å²) in [7, 11) is 0. The van der Waals surface area contributed by atoms with E-state index >= 15 is 0 Å². The predicted octanol–water partition coefficient (Wildman–Crippen LogP) is 2.81. The molecular weight excluding hydrogens is 378 g/mol. The predicted molar refractivity (Wildman–Crippen MR) is 115 cm³/mol. The Morgan fingerprint density at radius 2 is 1.57 bits per heavy atom. The summed E-state index contributed by atoms with van der Waals surface area (Å²) in [5.41, 5.74) is 3.90. The average molecular weight is 403 g/mol. The molecule has 2 heterocycles. The number of piperazine rings is 1. The minimum Gasteiger partial charge on any atom is -0.380 e. The molecule has 6 heteroatoms. The van der Waals surface area contributed by atoms with Gasteiger partial charge >= 0.3 is 0 Å². The van der Waals surface area contributed by atoms with Gasteiger partial charge in [-0.05, 0) is 54.2 Å². The Labute approximate surface area is 175 Å². The Balaban J connectivity index is 1.23. The Kier molecular flexibility index (Phi) is 4.66. The Morgan fingerprint density at radius 3 is 2.23 bits per heavy atom. The molecule has 2 aromatic rings. The summed E-state index contributed by atoms with van der Waals surface area (Å²) >= 11 is 0. The lowest BCUT2D eigenvalue weighted by Gasteiger charge is -2.42. The van der Waals surface area contributed by atoms with Crippen LogP contribution in [0.3, 0.4) is 0 Å². The van der Waals surface area contributed by atoms with Gasteiger partial charge in [0.05, 0.1) is 5.69 Å². The highest BCUT2D eigenvalue weighted by atomic mass is 16.3. The minimum absolute atomic E-state index is 0.0189. The summed E-state index contributed by atoms with van der Waals surface area (Å²) in [4.78, 5) is 33.2. The molecule has 2 fully saturated rings. The van der Waals surface area contributed by atoms with Gasteiger partial charge in [-0.3, -0.25) is 14.6 Å². The molecule has 2 aliphatic heterocycles. The first-order chi connectivity index (χ1) is 14.5. The zero-order valence-electron chi connectivity index (χ0n) is 16.9. The quantitative estimate of drug-likeness (QED) is 0.857. The molecule has 5 rings (SSSR count). The van der Waals surface area contributed by atoms with Gasteiger partial charge in [-0.2, -0.15) is 0 Å². The van der Waals surface area contributed by atoms with Gasteiger partial charge in [0, 0.05) is 44.4 Å². The van der Waals surface area contributed by atoms with E-state index in [-0.39, 0.29) is 11.8 Å². The number of nitrogens with zero attached hydrogens (tertiary/aromatic N) is 3. The van der Waals surface area contributed by atoms with Crippen LogP contribution in [-0.4, -0.2) is 64.7 Å². The molecule has 1 N–H and O–H groups in total. The first-order valence-corrected chi connectivity index (χ1v) is 10.6. The zero-order valence-corrected chi connectivity index (χ0v) is 16.9. The van der Waals surface area contributed by atoms with Crippen LogP contribution in [0.25, 0.3) is 11.1 Å². The van der Waals surface area contributed by atoms with E-state index in [0.29, 0.717) is 44.6 Å². The number of rotatable bonds is 3. The minimum atomic E-state index is -1.16. The molecule has 1 saturated heterocycles. The molecule has 154 valence electrons. The molecule has 3 aliphatic rings. The molecule has 0 aromatic heterocycles. The number of hydrogen-bond acceptors (Lipinski definition) is 4. The van der Waals surface area contributed by atoms with Gasteiger partial charge < -0.3 is 14.9 Å². The molecule has 0 spiro atoms. The molecule has 2 aromatic carbocycles. The number of carbonyl (C=O) groups excluding carboxylic acids is 2. The lowest BCUT2D eigenvalue weighted by atomic mass is 9.79. The van der Waals surface area contributed by atoms with Crippen molar-refractivity contribution in [2.45, 2.75) is 31.3 Å². The third kappa shape index (κ3) is 3.31. The number of hydrogen-bond donors (Lipinski definition) is 1. The van der Waals surface area contributed by atoms with Crippen LogP contribution in [0.2, 0.25) is 0 Å². The summed E-state index contributed by atoms with van der Waals surface area (Å²) in [5.74, 6) is -0.196. The Hall–Kier alpha value is -2.99. The third-order valence-electron chi connectivity index (χ3n) is 6.52. The number of aliphatic hydroxyl groups is 1. The van der Waals surface area contributed by atoms with E-state index in [2.05, 4.69) is 23.2 Å². The second kappa shape index (κ2) is 7.36. The van der Waals surface area contributed by atoms with E-state index in [1.54, 1.807) is 9.80 Å². The standard InChI is InChI=1S/C24H25N3O3/c28-22(26-12-14-27(15-13-26)23(29)24(30)9-1-10-24)19-5-2-17(3-6-19)20-7-4-18-8-11-25-21(18)16-20/h2-7,11,16,30H,1,8-10,12-15H2. The lowest BCUT2D eigenvalue weighted by molar-refractivity contribution is -0.161. The number of benzene rings is 2. The third-order valence-corrected chi connectivity index (χ3v) is 6.52. The summed E-state index contributed by atoms with van der Waals surface area (Å²) in [6.45, 7) is 1.93. The molecule has 0 radical (unpaired) electrons. The van der Waals surface area contributed by atoms with Gasteiger partial charge in [0.1, 0.15) is 5.60 Å². The van der Waals surface area contributed by atoms with Crippen molar-refractivity contribution in [1.82, 2.24) is 9.80 Å². The number of aliphatic imine (C=N–C) groups is 1. The highest BCUT2D eigenvalue weighted by Gasteiger charge is 2.45. The summed E-state index contributed by atoms with van der Waals surface area (Å²) in [6, 6.07) is 14.0. The molecule has 30 heavy (non-hydrogen) atoms. The van der Waals surface area contributed by atoms with Gasteiger partial charge in [-0.15, -0.1) is 0 Å². The van der Waals surface area contributed by atoms with Crippen LogP contribution in [0, 0.1) is 0 Å². The van der Waals surface area contributed by atoms with Crippen LogP contribution in [-0.2, 0) is 11.2 Å². The van der Waals surface area contributed by atoms with Gasteiger partial charge in [0.25, 0.3) is 11.8 Å². The van der Waals surface area contributed by atoms with Gasteiger partial charge in [0.15, 0.2) is 0 Å². The van der Waals surface area contributed by atoms with Crippen LogP contribution in [0.1, 0.15) is 35.2 Å². The number of carbonyl (C=O) groups is 2. The lowest BCUT2D eigenvalue weighted by Crippen LogP contribution is -2.58. The topological polar surface area (TPSA) is 73.2 Å². The Bertz CT molecular complexity index is 1020. The summed E-state index contributed by atoms with van der Waals surface area (Å²) in [6.07, 6.45) is 4.81. The van der Waals surface area contributed by atoms with Crippen LogP contribution in [0.4, 0.5) is 5.69 Å². The molecule has 0 bridgehead atoms. The Morgan fingerprint density at radius 1 is 0.900 bits per heavy atom. The highest BCUT2D eigenvalue weighted by Crippen LogP contribution is 2.34. The first kappa shape index (κ1) is 19.0. The van der Waals surface area contributed by atoms with Crippen molar-refractivity contribution in [2.24, 2.45) is 4.99 Å². The second-order valence-corrected chi connectivity index (χ2v) is 8.41. The van der Waals surface area contributed by atoms with E-state index in [1.165, 1.54) is 5.56 Å². The van der Waals surface area contributed by atoms with Crippen molar-refractivity contribution in [2.75, 3.05) is 26.2 Å². The fourth-order valence-electron chi connectivity index (χ4n) is 4.40. The molecule has 1 saturated carbocycles. The maximum absolute atomic E-state index is 12.9. The fraction of sp³-hybridized carbons (Fsp3) is 0.375. The van der Waals surface area contributed by atoms with Crippen LogP contribution >= 0.6 is 0 Å². The smallest absolute Gasteiger partial charge is 0.254 e. The van der Waals surface area contributed by atoms with E-state index in [4.69, 9.17) is 0 Å². The molecule has 1 aliphatic carbocycles. The summed E-state index contributed by atoms with van der Waals surface area (Å²) < 4.78 is 0. The van der Waals surface area contributed by atoms with E-state index in [9.17, 15) is 14.7 Å². The normalized spacial score (nSPS) is 19.4. The second-order valence-electron chi connectivity index (χ2n) is 8.41. The summed E-state index contributed by atoms with van der Waals surface area (Å²) in [5, 5.41) is 10.3. The van der Waals surface area contributed by atoms with Crippen molar-refractivity contribution in [3.63, 3.8) is 0 Å². The van der Waals surface area contributed by atoms with Crippen LogP contribution in [0.5, 0.6) is 0 Å². The van der Waals surface area contributed by atoms with Gasteiger partial charge in [0.2, 0.25) is 0 Å². The maximum Gasteiger partial charge on any atom is 0.254 e. The average Bonchev–Trinajstić information content (AvgIpc) is 3.24. The van der Waals surface area contributed by atoms with E-state index < -0.39 is 5.60 Å². The first-order valence-electron chi connectivity index (χ1n) is 10.6. The van der Waals surface area contributed by atoms with E-state index in [1.807, 2.05) is 30.5 Å². The van der Waals surface area contributed by atoms with Crippen molar-refractivity contribution in [3.8, 4) is 11.1 Å². The van der Waals surface area contributed by atoms with Gasteiger partial charge in [-0.1, -0.05) is 24.3 Å². The van der Waals surface area contributed by atoms with Crippen LogP contribution < -0.4 is 0 Å². The SMILES string of the molecule is O=C(c1ccc(-c2ccc3c(c2)N=CC3)cc1)N1CCN(C(=O)C2(O)CCC2)CC1. The molecular formula is C24H25N3O3. The zero-order chi connectivity index (χ0) is 20.7. The molecule has 6 nitrogen and oxygen atoms in total. The molecule has 0 atom stereocenters. The molecule has 0 unspecified atom stereocenters. The number of fused-ring (bicyclic) bond motifs is 1. The molecule has 2 amide bonds. The van der Waals surface area contributed by atoms with E-state index in [0.717, 1.165) is 29.7 Å². The van der Waals surface area contributed by atoms with Crippen LogP contribution in [0.15, 0.2) is 47.5 Å². The van der Waals surface area contributed by atoms with Crippen molar-refractivity contribution < 1.29 is 14.7 Å². The van der Waals surface area contributed by atoms with Crippen molar-refractivity contribution in [3.05, 3.63) is 53.6 Å². The fourth-order valence-corrected chi connectivity index (χ4v) is 4.40.